The minimum atomic E-state index is -4.53. The molecule has 0 fully saturated rings. The fourth-order valence-corrected chi connectivity index (χ4v) is 2.38. The number of alkyl halides is 3. The molecule has 1 aromatic carbocycles. The number of anilines is 1. The summed E-state index contributed by atoms with van der Waals surface area (Å²) in [4.78, 5) is 7.73. The molecule has 0 saturated heterocycles. The summed E-state index contributed by atoms with van der Waals surface area (Å²) >= 11 is 0. The molecule has 0 bridgehead atoms. The molecule has 0 saturated carbocycles. The molecule has 2 N–H and O–H groups in total. The average molecular weight is 540 g/mol. The highest BCUT2D eigenvalue weighted by Crippen LogP contribution is 2.34. The van der Waals surface area contributed by atoms with E-state index in [2.05, 4.69) is 20.6 Å². The van der Waals surface area contributed by atoms with Crippen LogP contribution in [-0.4, -0.2) is 44.9 Å². The minimum Gasteiger partial charge on any atom is -0.493 e. The zero-order valence-electron chi connectivity index (χ0n) is 16.7. The molecular weight excluding hydrogens is 516 g/mol. The first-order valence-electron chi connectivity index (χ1n) is 8.82. The molecule has 0 unspecified atom stereocenters. The smallest absolute Gasteiger partial charge is 0.421 e. The number of benzene rings is 1. The van der Waals surface area contributed by atoms with E-state index in [9.17, 15) is 13.2 Å². The van der Waals surface area contributed by atoms with Crippen molar-refractivity contribution in [1.29, 1.82) is 0 Å². The second-order valence-corrected chi connectivity index (χ2v) is 5.62. The molecule has 0 aliphatic heterocycles. The predicted octanol–water partition coefficient (Wildman–Crippen LogP) is 4.19. The largest absolute Gasteiger partial charge is 0.493 e. The number of aromatic nitrogens is 1. The van der Waals surface area contributed by atoms with Gasteiger partial charge in [-0.15, -0.1) is 24.0 Å². The summed E-state index contributed by atoms with van der Waals surface area (Å²) in [5, 5.41) is 6.02. The SMILES string of the molecule is CCOc1cc(NC(=NC)NCCOc2ncccc2C(F)(F)F)ccc1OC.I. The zero-order valence-corrected chi connectivity index (χ0v) is 19.1. The predicted molar refractivity (Wildman–Crippen MR) is 119 cm³/mol. The molecule has 7 nitrogen and oxygen atoms in total. The molecule has 0 aliphatic carbocycles. The van der Waals surface area contributed by atoms with Gasteiger partial charge in [-0.25, -0.2) is 4.98 Å². The van der Waals surface area contributed by atoms with E-state index in [1.807, 2.05) is 6.92 Å². The molecule has 0 amide bonds. The molecule has 166 valence electrons. The van der Waals surface area contributed by atoms with Crippen LogP contribution in [0.3, 0.4) is 0 Å². The Balaban J connectivity index is 0.00000450. The van der Waals surface area contributed by atoms with Crippen LogP contribution in [0.2, 0.25) is 0 Å². The van der Waals surface area contributed by atoms with Crippen LogP contribution in [-0.2, 0) is 6.18 Å². The van der Waals surface area contributed by atoms with Crippen molar-refractivity contribution in [2.75, 3.05) is 39.2 Å². The Hall–Kier alpha value is -2.44. The summed E-state index contributed by atoms with van der Waals surface area (Å²) in [5.41, 5.74) is -0.212. The minimum absolute atomic E-state index is 0. The van der Waals surface area contributed by atoms with Gasteiger partial charge in [-0.05, 0) is 31.2 Å². The van der Waals surface area contributed by atoms with Crippen molar-refractivity contribution < 1.29 is 27.4 Å². The van der Waals surface area contributed by atoms with E-state index < -0.39 is 17.6 Å². The van der Waals surface area contributed by atoms with Gasteiger partial charge in [0.05, 0.1) is 20.3 Å². The van der Waals surface area contributed by atoms with Gasteiger partial charge in [0.25, 0.3) is 0 Å². The Bertz CT molecular complexity index is 835. The Morgan fingerprint density at radius 1 is 1.17 bits per heavy atom. The second-order valence-electron chi connectivity index (χ2n) is 5.62. The van der Waals surface area contributed by atoms with Crippen molar-refractivity contribution in [2.45, 2.75) is 13.1 Å². The van der Waals surface area contributed by atoms with Gasteiger partial charge in [-0.3, -0.25) is 4.99 Å². The van der Waals surface area contributed by atoms with E-state index in [0.717, 1.165) is 6.07 Å². The fourth-order valence-electron chi connectivity index (χ4n) is 2.38. The lowest BCUT2D eigenvalue weighted by atomic mass is 10.2. The molecule has 0 radical (unpaired) electrons. The molecule has 2 rings (SSSR count). The van der Waals surface area contributed by atoms with Crippen molar-refractivity contribution in [1.82, 2.24) is 10.3 Å². The van der Waals surface area contributed by atoms with E-state index in [1.54, 1.807) is 32.4 Å². The second kappa shape index (κ2) is 12.3. The standard InChI is InChI=1S/C19H23F3N4O3.HI/c1-4-28-16-12-13(7-8-15(16)27-3)26-18(23-2)25-10-11-29-17-14(19(20,21)22)6-5-9-24-17;/h5-9,12H,4,10-11H2,1-3H3,(H2,23,25,26);1H. The fraction of sp³-hybridized carbons (Fsp3) is 0.368. The number of methoxy groups -OCH3 is 1. The van der Waals surface area contributed by atoms with Crippen molar-refractivity contribution in [3.8, 4) is 17.4 Å². The summed E-state index contributed by atoms with van der Waals surface area (Å²) in [7, 11) is 3.13. The Morgan fingerprint density at radius 3 is 2.57 bits per heavy atom. The van der Waals surface area contributed by atoms with Gasteiger partial charge in [0.1, 0.15) is 12.2 Å². The highest BCUT2D eigenvalue weighted by Gasteiger charge is 2.34. The van der Waals surface area contributed by atoms with E-state index in [-0.39, 0.29) is 37.1 Å². The van der Waals surface area contributed by atoms with Gasteiger partial charge in [-0.2, -0.15) is 13.2 Å². The first-order chi connectivity index (χ1) is 13.9. The number of pyridine rings is 1. The maximum absolute atomic E-state index is 12.9. The Morgan fingerprint density at radius 2 is 1.93 bits per heavy atom. The third-order valence-electron chi connectivity index (χ3n) is 3.66. The number of hydrogen-bond donors (Lipinski definition) is 2. The number of halogens is 4. The number of rotatable bonds is 8. The Kier molecular flexibility index (Phi) is 10.5. The molecule has 30 heavy (non-hydrogen) atoms. The molecule has 0 spiro atoms. The van der Waals surface area contributed by atoms with Crippen LogP contribution in [0.25, 0.3) is 0 Å². The molecular formula is C19H24F3IN4O3. The van der Waals surface area contributed by atoms with Crippen LogP contribution in [0.15, 0.2) is 41.5 Å². The summed E-state index contributed by atoms with van der Waals surface area (Å²) < 4.78 is 54.8. The Labute approximate surface area is 190 Å². The number of hydrogen-bond acceptors (Lipinski definition) is 5. The summed E-state index contributed by atoms with van der Waals surface area (Å²) in [6.07, 6.45) is -3.28. The highest BCUT2D eigenvalue weighted by molar-refractivity contribution is 14.0. The lowest BCUT2D eigenvalue weighted by Gasteiger charge is -2.15. The van der Waals surface area contributed by atoms with Crippen molar-refractivity contribution in [3.63, 3.8) is 0 Å². The average Bonchev–Trinajstić information content (AvgIpc) is 2.70. The van der Waals surface area contributed by atoms with E-state index in [1.165, 1.54) is 12.3 Å². The third kappa shape index (κ3) is 7.43. The normalized spacial score (nSPS) is 11.3. The van der Waals surface area contributed by atoms with Crippen molar-refractivity contribution in [3.05, 3.63) is 42.1 Å². The van der Waals surface area contributed by atoms with E-state index >= 15 is 0 Å². The van der Waals surface area contributed by atoms with E-state index in [0.29, 0.717) is 29.8 Å². The molecule has 11 heteroatoms. The number of nitrogens with one attached hydrogen (secondary N) is 2. The van der Waals surface area contributed by atoms with Gasteiger partial charge in [0.15, 0.2) is 17.5 Å². The summed E-state index contributed by atoms with van der Waals surface area (Å²) in [5.74, 6) is 1.14. The maximum Gasteiger partial charge on any atom is 0.421 e. The van der Waals surface area contributed by atoms with Crippen LogP contribution in [0.1, 0.15) is 12.5 Å². The lowest BCUT2D eigenvalue weighted by molar-refractivity contribution is -0.139. The number of nitrogens with zero attached hydrogens (tertiary/aromatic N) is 2. The molecule has 2 aromatic rings. The van der Waals surface area contributed by atoms with Gasteiger partial charge in [0, 0.05) is 25.0 Å². The molecule has 0 aliphatic rings. The first kappa shape index (κ1) is 25.6. The van der Waals surface area contributed by atoms with Gasteiger partial charge >= 0.3 is 6.18 Å². The quantitative estimate of drug-likeness (QED) is 0.227. The maximum atomic E-state index is 12.9. The molecule has 1 heterocycles. The zero-order chi connectivity index (χ0) is 21.3. The molecule has 1 aromatic heterocycles. The summed E-state index contributed by atoms with van der Waals surface area (Å²) in [6, 6.07) is 7.44. The third-order valence-corrected chi connectivity index (χ3v) is 3.66. The monoisotopic (exact) mass is 540 g/mol. The van der Waals surface area contributed by atoms with Crippen LogP contribution in [0, 0.1) is 0 Å². The lowest BCUT2D eigenvalue weighted by Crippen LogP contribution is -2.34. The number of ether oxygens (including phenoxy) is 3. The van der Waals surface area contributed by atoms with Crippen molar-refractivity contribution in [2.24, 2.45) is 4.99 Å². The topological polar surface area (TPSA) is 77.0 Å². The molecule has 0 atom stereocenters. The number of guanidine groups is 1. The van der Waals surface area contributed by atoms with Crippen molar-refractivity contribution >= 4 is 35.6 Å². The van der Waals surface area contributed by atoms with Gasteiger partial charge in [0.2, 0.25) is 5.88 Å². The van der Waals surface area contributed by atoms with Crippen LogP contribution in [0.4, 0.5) is 18.9 Å². The van der Waals surface area contributed by atoms with Crippen LogP contribution < -0.4 is 24.8 Å². The summed E-state index contributed by atoms with van der Waals surface area (Å²) in [6.45, 7) is 2.53. The van der Waals surface area contributed by atoms with Crippen LogP contribution >= 0.6 is 24.0 Å². The first-order valence-corrected chi connectivity index (χ1v) is 8.82. The van der Waals surface area contributed by atoms with Crippen LogP contribution in [0.5, 0.6) is 17.4 Å². The van der Waals surface area contributed by atoms with Gasteiger partial charge < -0.3 is 24.8 Å². The van der Waals surface area contributed by atoms with Gasteiger partial charge in [-0.1, -0.05) is 0 Å². The number of aliphatic imine (C=N–C) groups is 1. The highest BCUT2D eigenvalue weighted by atomic mass is 127. The van der Waals surface area contributed by atoms with E-state index in [4.69, 9.17) is 14.2 Å².